The largest absolute Gasteiger partial charge is 0.168 e. The van der Waals surface area contributed by atoms with Gasteiger partial charge in [0.05, 0.1) is 0 Å². The van der Waals surface area contributed by atoms with E-state index in [1.54, 1.807) is 0 Å². The Hall–Kier alpha value is -1.71. The van der Waals surface area contributed by atoms with Crippen LogP contribution >= 0.6 is 37.2 Å². The van der Waals surface area contributed by atoms with Crippen LogP contribution in [0, 0.1) is 20.8 Å². The van der Waals surface area contributed by atoms with Gasteiger partial charge in [-0.05, 0) is 20.8 Å². The van der Waals surface area contributed by atoms with Crippen LogP contribution in [0.4, 0.5) is 0 Å². The zero-order valence-electron chi connectivity index (χ0n) is 20.1. The summed E-state index contributed by atoms with van der Waals surface area (Å²) in [6.07, 6.45) is 0. The van der Waals surface area contributed by atoms with Crippen molar-refractivity contribution in [2.75, 3.05) is 0 Å². The second-order valence-electron chi connectivity index (χ2n) is 8.69. The predicted molar refractivity (Wildman–Crippen MR) is 159 cm³/mol. The van der Waals surface area contributed by atoms with Crippen molar-refractivity contribution in [1.82, 2.24) is 0 Å². The minimum absolute atomic E-state index is 0. The Balaban J connectivity index is 0.00000153. The predicted octanol–water partition coefficient (Wildman–Crippen LogP) is 6.12. The SMILES string of the molecule is Cc1cccc([Si](c2cccc(C)c2)(c2cccc(C)c2)[c-]2ccc3ccccc32)c1.Cl.Cl.Cl.[Ti]. The quantitative estimate of drug-likeness (QED) is 0.138. The van der Waals surface area contributed by atoms with E-state index in [0.29, 0.717) is 0 Å². The maximum Gasteiger partial charge on any atom is 0.134 e. The van der Waals surface area contributed by atoms with E-state index in [1.807, 2.05) is 0 Å². The molecule has 180 valence electrons. The van der Waals surface area contributed by atoms with E-state index in [-0.39, 0.29) is 58.9 Å². The monoisotopic (exact) mass is 571 g/mol. The first kappa shape index (κ1) is 31.3. The molecule has 0 heterocycles. The Bertz CT molecular complexity index is 1280. The summed E-state index contributed by atoms with van der Waals surface area (Å²) in [6.45, 7) is 6.62. The van der Waals surface area contributed by atoms with Crippen LogP contribution < -0.4 is 20.7 Å². The van der Waals surface area contributed by atoms with Gasteiger partial charge in [0, 0.05) is 21.7 Å². The first-order chi connectivity index (χ1) is 15.1. The summed E-state index contributed by atoms with van der Waals surface area (Å²) in [4.78, 5) is 0. The van der Waals surface area contributed by atoms with Crippen molar-refractivity contribution in [1.29, 1.82) is 0 Å². The molecule has 0 bridgehead atoms. The van der Waals surface area contributed by atoms with Crippen molar-refractivity contribution in [2.24, 2.45) is 0 Å². The fourth-order valence-corrected chi connectivity index (χ4v) is 10.3. The van der Waals surface area contributed by atoms with Crippen LogP contribution in [0.3, 0.4) is 0 Å². The van der Waals surface area contributed by atoms with Crippen LogP contribution in [-0.4, -0.2) is 8.07 Å². The van der Waals surface area contributed by atoms with Gasteiger partial charge in [0.15, 0.2) is 0 Å². The van der Waals surface area contributed by atoms with Gasteiger partial charge in [0.2, 0.25) is 0 Å². The molecule has 0 atom stereocenters. The molecule has 0 aliphatic heterocycles. The van der Waals surface area contributed by atoms with Crippen LogP contribution in [0.15, 0.2) is 109 Å². The summed E-state index contributed by atoms with van der Waals surface area (Å²) in [5, 5.41) is 8.51. The van der Waals surface area contributed by atoms with Crippen molar-refractivity contribution in [3.63, 3.8) is 0 Å². The zero-order chi connectivity index (χ0) is 21.4. The second kappa shape index (κ2) is 13.0. The molecule has 0 aliphatic carbocycles. The summed E-state index contributed by atoms with van der Waals surface area (Å²) in [6, 6.07) is 41.1. The zero-order valence-corrected chi connectivity index (χ0v) is 25.1. The van der Waals surface area contributed by atoms with Gasteiger partial charge in [-0.15, -0.1) is 71.4 Å². The Morgan fingerprint density at radius 1 is 0.514 bits per heavy atom. The van der Waals surface area contributed by atoms with Gasteiger partial charge in [-0.1, -0.05) is 111 Å². The Morgan fingerprint density at radius 3 is 1.37 bits per heavy atom. The molecule has 0 saturated heterocycles. The number of rotatable bonds is 4. The molecule has 0 unspecified atom stereocenters. The van der Waals surface area contributed by atoms with E-state index in [0.717, 1.165) is 0 Å². The summed E-state index contributed by atoms with van der Waals surface area (Å²) < 4.78 is 0. The molecule has 0 amide bonds. The maximum atomic E-state index is 2.42. The van der Waals surface area contributed by atoms with Crippen molar-refractivity contribution >= 4 is 76.8 Å². The number of hydrogen-bond acceptors (Lipinski definition) is 0. The molecule has 0 aliphatic rings. The van der Waals surface area contributed by atoms with Crippen molar-refractivity contribution < 1.29 is 21.7 Å². The van der Waals surface area contributed by atoms with E-state index < -0.39 is 8.07 Å². The van der Waals surface area contributed by atoms with Crippen molar-refractivity contribution in [2.45, 2.75) is 20.8 Å². The first-order valence-corrected chi connectivity index (χ1v) is 13.0. The van der Waals surface area contributed by atoms with Gasteiger partial charge in [-0.2, -0.15) is 12.1 Å². The average Bonchev–Trinajstić information content (AvgIpc) is 3.19. The normalized spacial score (nSPS) is 10.4. The Morgan fingerprint density at radius 2 is 0.943 bits per heavy atom. The number of aryl methyl sites for hydroxylation is 3. The minimum atomic E-state index is -2.51. The molecule has 0 saturated carbocycles. The minimum Gasteiger partial charge on any atom is -0.168 e. The van der Waals surface area contributed by atoms with E-state index in [4.69, 9.17) is 0 Å². The third kappa shape index (κ3) is 5.67. The molecule has 0 aromatic heterocycles. The van der Waals surface area contributed by atoms with E-state index in [2.05, 4.69) is 130 Å². The van der Waals surface area contributed by atoms with E-state index in [1.165, 1.54) is 48.2 Å². The Kier molecular flexibility index (Phi) is 11.6. The topological polar surface area (TPSA) is 0 Å². The maximum absolute atomic E-state index is 2.51. The van der Waals surface area contributed by atoms with E-state index >= 15 is 0 Å². The number of hydrogen-bond donors (Lipinski definition) is 0. The molecule has 0 N–H and O–H groups in total. The third-order valence-corrected chi connectivity index (χ3v) is 11.2. The van der Waals surface area contributed by atoms with Crippen LogP contribution in [0.5, 0.6) is 0 Å². The summed E-state index contributed by atoms with van der Waals surface area (Å²) in [7, 11) is -2.51. The van der Waals surface area contributed by atoms with E-state index in [9.17, 15) is 0 Å². The summed E-state index contributed by atoms with van der Waals surface area (Å²) >= 11 is 0. The van der Waals surface area contributed by atoms with Crippen molar-refractivity contribution in [3.8, 4) is 0 Å². The first-order valence-electron chi connectivity index (χ1n) is 11.0. The summed E-state index contributed by atoms with van der Waals surface area (Å²) in [5.74, 6) is 0. The van der Waals surface area contributed by atoms with Crippen LogP contribution in [0.25, 0.3) is 10.8 Å². The summed E-state index contributed by atoms with van der Waals surface area (Å²) in [5.41, 5.74) is 3.93. The molecule has 5 aromatic carbocycles. The van der Waals surface area contributed by atoms with Crippen LogP contribution in [-0.2, 0) is 21.7 Å². The van der Waals surface area contributed by atoms with Crippen LogP contribution in [0.2, 0.25) is 0 Å². The molecular formula is C30H30Cl3SiTi-. The second-order valence-corrected chi connectivity index (χ2v) is 12.5. The molecule has 0 spiro atoms. The molecule has 5 rings (SSSR count). The molecule has 5 heteroatoms. The smallest absolute Gasteiger partial charge is 0.134 e. The Labute approximate surface area is 243 Å². The number of halogens is 3. The molecule has 0 nitrogen and oxygen atoms in total. The van der Waals surface area contributed by atoms with Gasteiger partial charge >= 0.3 is 0 Å². The third-order valence-electron chi connectivity index (χ3n) is 6.44. The number of fused-ring (bicyclic) bond motifs is 1. The van der Waals surface area contributed by atoms with Crippen molar-refractivity contribution in [3.05, 3.63) is 126 Å². The van der Waals surface area contributed by atoms with Gasteiger partial charge < -0.3 is 0 Å². The number of benzene rings is 4. The van der Waals surface area contributed by atoms with Gasteiger partial charge in [-0.3, -0.25) is 0 Å². The molecule has 0 radical (unpaired) electrons. The van der Waals surface area contributed by atoms with Crippen LogP contribution in [0.1, 0.15) is 16.7 Å². The standard InChI is InChI=1S/C30H27Si.3ClH.Ti/c1-22-9-6-13-26(19-22)31(27-14-7-10-23(2)20-27,28-15-8-11-24(3)21-28)30-18-17-25-12-4-5-16-29(25)30;;;;/h4-21H,1-3H3;3*1H;/q-1;;;;. The molecule has 0 fully saturated rings. The molecular weight excluding hydrogens is 543 g/mol. The average molecular weight is 573 g/mol. The molecule has 5 aromatic rings. The fraction of sp³-hybridized carbons (Fsp3) is 0.100. The van der Waals surface area contributed by atoms with Gasteiger partial charge in [0.25, 0.3) is 0 Å². The van der Waals surface area contributed by atoms with Gasteiger partial charge in [0.1, 0.15) is 8.07 Å². The van der Waals surface area contributed by atoms with Gasteiger partial charge in [-0.25, -0.2) is 0 Å². The molecule has 35 heavy (non-hydrogen) atoms. The fourth-order valence-electron chi connectivity index (χ4n) is 5.08.